The molecule has 0 spiro atoms. The fourth-order valence-corrected chi connectivity index (χ4v) is 4.05. The highest BCUT2D eigenvalue weighted by Crippen LogP contribution is 2.34. The number of hydrogen-bond donors (Lipinski definition) is 0. The molecule has 1 amide bonds. The number of nitrogens with zero attached hydrogens (tertiary/aromatic N) is 3. The molecule has 1 aromatic heterocycles. The zero-order chi connectivity index (χ0) is 17.1. The van der Waals surface area contributed by atoms with Crippen LogP contribution >= 0.6 is 0 Å². The molecule has 0 radical (unpaired) electrons. The van der Waals surface area contributed by atoms with Crippen molar-refractivity contribution >= 4 is 17.4 Å². The number of pyridine rings is 1. The van der Waals surface area contributed by atoms with E-state index in [1.165, 1.54) is 24.8 Å². The maximum absolute atomic E-state index is 13.1. The minimum Gasteiger partial charge on any atom is -0.349 e. The first kappa shape index (κ1) is 16.1. The highest BCUT2D eigenvalue weighted by Gasteiger charge is 2.32. The van der Waals surface area contributed by atoms with Gasteiger partial charge in [-0.25, -0.2) is 4.98 Å². The average molecular weight is 335 g/mol. The van der Waals surface area contributed by atoms with Crippen LogP contribution in [0.3, 0.4) is 0 Å². The molecule has 2 heterocycles. The number of rotatable bonds is 3. The predicted octanol–water partition coefficient (Wildman–Crippen LogP) is 4.02. The average Bonchev–Trinajstić information content (AvgIpc) is 2.69. The van der Waals surface area contributed by atoms with Crippen molar-refractivity contribution in [1.82, 2.24) is 4.98 Å². The maximum Gasteiger partial charge on any atom is 0.230 e. The van der Waals surface area contributed by atoms with Crippen LogP contribution in [0.4, 0.5) is 11.5 Å². The van der Waals surface area contributed by atoms with E-state index in [4.69, 9.17) is 0 Å². The second-order valence-electron chi connectivity index (χ2n) is 7.08. The fourth-order valence-electron chi connectivity index (χ4n) is 4.05. The minimum absolute atomic E-state index is 0.197. The molecule has 130 valence electrons. The number of amides is 1. The lowest BCUT2D eigenvalue weighted by atomic mass is 9.88. The molecule has 1 aliphatic heterocycles. The van der Waals surface area contributed by atoms with Crippen LogP contribution < -0.4 is 9.80 Å². The first-order valence-corrected chi connectivity index (χ1v) is 9.38. The van der Waals surface area contributed by atoms with Crippen molar-refractivity contribution in [3.63, 3.8) is 0 Å². The third-order valence-electron chi connectivity index (χ3n) is 5.39. The molecule has 2 aliphatic rings. The van der Waals surface area contributed by atoms with Crippen LogP contribution in [-0.2, 0) is 11.3 Å². The number of aromatic nitrogens is 1. The summed E-state index contributed by atoms with van der Waals surface area (Å²) in [5.74, 6) is 1.43. The van der Waals surface area contributed by atoms with Gasteiger partial charge in [0.25, 0.3) is 0 Å². The number of hydrogen-bond acceptors (Lipinski definition) is 3. The normalized spacial score (nSPS) is 18.1. The Morgan fingerprint density at radius 3 is 2.60 bits per heavy atom. The van der Waals surface area contributed by atoms with Crippen LogP contribution in [0.1, 0.15) is 37.7 Å². The molecule has 0 unspecified atom stereocenters. The number of carbonyl (C=O) groups is 1. The second kappa shape index (κ2) is 7.26. The molecule has 0 bridgehead atoms. The van der Waals surface area contributed by atoms with Crippen molar-refractivity contribution in [3.05, 3.63) is 54.2 Å². The Labute approximate surface area is 149 Å². The smallest absolute Gasteiger partial charge is 0.230 e. The summed E-state index contributed by atoms with van der Waals surface area (Å²) in [7, 11) is 0. The lowest BCUT2D eigenvalue weighted by molar-refractivity contribution is -0.123. The molecule has 0 N–H and O–H groups in total. The molecule has 4 heteroatoms. The molecule has 25 heavy (non-hydrogen) atoms. The summed E-state index contributed by atoms with van der Waals surface area (Å²) in [4.78, 5) is 21.9. The molecule has 2 aromatic rings. The third-order valence-corrected chi connectivity index (χ3v) is 5.39. The van der Waals surface area contributed by atoms with E-state index >= 15 is 0 Å². The summed E-state index contributed by atoms with van der Waals surface area (Å²) in [5.41, 5.74) is 2.24. The van der Waals surface area contributed by atoms with E-state index in [-0.39, 0.29) is 5.92 Å². The molecule has 1 fully saturated rings. The van der Waals surface area contributed by atoms with Gasteiger partial charge in [-0.15, -0.1) is 0 Å². The Bertz CT molecular complexity index is 725. The molecular formula is C21H25N3O. The van der Waals surface area contributed by atoms with Crippen LogP contribution in [-0.4, -0.2) is 24.0 Å². The minimum atomic E-state index is 0.197. The summed E-state index contributed by atoms with van der Waals surface area (Å²) >= 11 is 0. The van der Waals surface area contributed by atoms with Crippen LogP contribution in [0.15, 0.2) is 48.7 Å². The quantitative estimate of drug-likeness (QED) is 0.850. The molecule has 1 aliphatic carbocycles. The van der Waals surface area contributed by atoms with E-state index in [9.17, 15) is 4.79 Å². The Hall–Kier alpha value is -2.36. The monoisotopic (exact) mass is 335 g/mol. The molecule has 4 rings (SSSR count). The van der Waals surface area contributed by atoms with Crippen LogP contribution in [0, 0.1) is 5.92 Å². The van der Waals surface area contributed by atoms with Crippen molar-refractivity contribution in [2.75, 3.05) is 22.9 Å². The zero-order valence-corrected chi connectivity index (χ0v) is 14.6. The third kappa shape index (κ3) is 3.39. The van der Waals surface area contributed by atoms with Gasteiger partial charge in [0.1, 0.15) is 0 Å². The number of anilines is 2. The summed E-state index contributed by atoms with van der Waals surface area (Å²) < 4.78 is 0. The topological polar surface area (TPSA) is 36.4 Å². The number of fused-ring (bicyclic) bond motifs is 1. The van der Waals surface area contributed by atoms with E-state index in [0.29, 0.717) is 5.91 Å². The Morgan fingerprint density at radius 1 is 1.00 bits per heavy atom. The summed E-state index contributed by atoms with van der Waals surface area (Å²) in [6, 6.07) is 14.4. The van der Waals surface area contributed by atoms with Gasteiger partial charge in [0.05, 0.1) is 5.69 Å². The van der Waals surface area contributed by atoms with Gasteiger partial charge in [-0.2, -0.15) is 0 Å². The largest absolute Gasteiger partial charge is 0.349 e. The standard InChI is InChI=1S/C21H25N3O/c25-21(18-10-5-2-6-11-18)24-15-14-23(16-17-8-3-1-4-9-17)20-19(24)12-7-13-22-20/h1,3-4,7-9,12-13,18H,2,5-6,10-11,14-16H2. The van der Waals surface area contributed by atoms with Gasteiger partial charge in [0, 0.05) is 31.7 Å². The van der Waals surface area contributed by atoms with Crippen molar-refractivity contribution in [3.8, 4) is 0 Å². The Balaban J connectivity index is 1.57. The maximum atomic E-state index is 13.1. The van der Waals surface area contributed by atoms with Gasteiger partial charge in [0.2, 0.25) is 5.91 Å². The van der Waals surface area contributed by atoms with E-state index in [0.717, 1.165) is 44.0 Å². The predicted molar refractivity (Wildman–Crippen MR) is 101 cm³/mol. The van der Waals surface area contributed by atoms with Gasteiger partial charge < -0.3 is 9.80 Å². The van der Waals surface area contributed by atoms with Gasteiger partial charge in [-0.1, -0.05) is 49.6 Å². The summed E-state index contributed by atoms with van der Waals surface area (Å²) in [6.45, 7) is 2.41. The molecular weight excluding hydrogens is 310 g/mol. The SMILES string of the molecule is O=C(C1CCCCC1)N1CCN(Cc2ccccc2)c2ncccc21. The summed E-state index contributed by atoms with van der Waals surface area (Å²) in [5, 5.41) is 0. The first-order valence-electron chi connectivity index (χ1n) is 9.38. The number of benzene rings is 1. The Morgan fingerprint density at radius 2 is 1.80 bits per heavy atom. The van der Waals surface area contributed by atoms with Gasteiger partial charge in [-0.05, 0) is 30.5 Å². The number of carbonyl (C=O) groups excluding carboxylic acids is 1. The van der Waals surface area contributed by atoms with Crippen LogP contribution in [0.25, 0.3) is 0 Å². The van der Waals surface area contributed by atoms with Gasteiger partial charge in [0.15, 0.2) is 5.82 Å². The molecule has 1 saturated carbocycles. The van der Waals surface area contributed by atoms with Gasteiger partial charge in [-0.3, -0.25) is 4.79 Å². The van der Waals surface area contributed by atoms with Crippen molar-refractivity contribution < 1.29 is 4.79 Å². The van der Waals surface area contributed by atoms with Crippen LogP contribution in [0.5, 0.6) is 0 Å². The van der Waals surface area contributed by atoms with Crippen molar-refractivity contribution in [2.24, 2.45) is 5.92 Å². The molecule has 0 atom stereocenters. The first-order chi connectivity index (χ1) is 12.3. The van der Waals surface area contributed by atoms with E-state index in [2.05, 4.69) is 34.1 Å². The Kier molecular flexibility index (Phi) is 4.68. The highest BCUT2D eigenvalue weighted by atomic mass is 16.2. The van der Waals surface area contributed by atoms with E-state index in [1.54, 1.807) is 0 Å². The lowest BCUT2D eigenvalue weighted by Crippen LogP contribution is -2.46. The van der Waals surface area contributed by atoms with E-state index in [1.807, 2.05) is 29.3 Å². The second-order valence-corrected chi connectivity index (χ2v) is 7.08. The van der Waals surface area contributed by atoms with Crippen molar-refractivity contribution in [1.29, 1.82) is 0 Å². The lowest BCUT2D eigenvalue weighted by Gasteiger charge is -2.38. The van der Waals surface area contributed by atoms with E-state index < -0.39 is 0 Å². The fraction of sp³-hybridized carbons (Fsp3) is 0.429. The van der Waals surface area contributed by atoms with Crippen molar-refractivity contribution in [2.45, 2.75) is 38.6 Å². The van der Waals surface area contributed by atoms with Crippen LogP contribution in [0.2, 0.25) is 0 Å². The molecule has 4 nitrogen and oxygen atoms in total. The molecule has 1 aromatic carbocycles. The molecule has 0 saturated heterocycles. The zero-order valence-electron chi connectivity index (χ0n) is 14.6. The summed E-state index contributed by atoms with van der Waals surface area (Å²) in [6.07, 6.45) is 7.55. The highest BCUT2D eigenvalue weighted by molar-refractivity contribution is 5.98. The van der Waals surface area contributed by atoms with Gasteiger partial charge >= 0.3 is 0 Å².